The van der Waals surface area contributed by atoms with Crippen molar-refractivity contribution in [2.24, 2.45) is 0 Å². The Morgan fingerprint density at radius 1 is 0.958 bits per heavy atom. The zero-order valence-electron chi connectivity index (χ0n) is 14.1. The van der Waals surface area contributed by atoms with Crippen LogP contribution in [0.15, 0.2) is 41.3 Å². The first-order valence-electron chi connectivity index (χ1n) is 7.76. The summed E-state index contributed by atoms with van der Waals surface area (Å²) in [7, 11) is -0.320. The van der Waals surface area contributed by atoms with Crippen LogP contribution in [0, 0.1) is 6.92 Å². The number of hydrogen-bond acceptors (Lipinski definition) is 4. The third kappa shape index (κ3) is 2.99. The van der Waals surface area contributed by atoms with Crippen molar-refractivity contribution >= 4 is 10.0 Å². The van der Waals surface area contributed by atoms with E-state index in [9.17, 15) is 8.42 Å². The molecule has 0 fully saturated rings. The SMILES string of the molecule is COc1cc2c(cc1OC)CN(S(=O)(=O)c1ccc(C)cc1)CC2. The molecule has 0 saturated heterocycles. The quantitative estimate of drug-likeness (QED) is 0.853. The molecule has 1 aliphatic rings. The van der Waals surface area contributed by atoms with Gasteiger partial charge in [-0.25, -0.2) is 8.42 Å². The summed E-state index contributed by atoms with van der Waals surface area (Å²) in [4.78, 5) is 0.331. The van der Waals surface area contributed by atoms with Crippen LogP contribution >= 0.6 is 0 Å². The molecule has 0 atom stereocenters. The summed E-state index contributed by atoms with van der Waals surface area (Å²) in [6, 6.07) is 10.8. The number of nitrogens with zero attached hydrogens (tertiary/aromatic N) is 1. The van der Waals surface area contributed by atoms with Crippen LogP contribution in [0.5, 0.6) is 11.5 Å². The topological polar surface area (TPSA) is 55.8 Å². The van der Waals surface area contributed by atoms with Gasteiger partial charge in [-0.1, -0.05) is 17.7 Å². The molecule has 0 N–H and O–H groups in total. The number of sulfonamides is 1. The molecule has 3 rings (SSSR count). The molecule has 1 heterocycles. The van der Waals surface area contributed by atoms with Crippen molar-refractivity contribution in [3.05, 3.63) is 53.1 Å². The van der Waals surface area contributed by atoms with Crippen LogP contribution < -0.4 is 9.47 Å². The van der Waals surface area contributed by atoms with E-state index in [1.807, 2.05) is 31.2 Å². The molecule has 5 nitrogen and oxygen atoms in total. The van der Waals surface area contributed by atoms with Crippen LogP contribution in [-0.2, 0) is 23.0 Å². The van der Waals surface area contributed by atoms with Gasteiger partial charge in [0.2, 0.25) is 10.0 Å². The van der Waals surface area contributed by atoms with E-state index < -0.39 is 10.0 Å². The Morgan fingerprint density at radius 2 is 1.54 bits per heavy atom. The van der Waals surface area contributed by atoms with Crippen molar-refractivity contribution in [1.29, 1.82) is 0 Å². The highest BCUT2D eigenvalue weighted by Crippen LogP contribution is 2.34. The number of hydrogen-bond donors (Lipinski definition) is 0. The highest BCUT2D eigenvalue weighted by atomic mass is 32.2. The predicted octanol–water partition coefficient (Wildman–Crippen LogP) is 2.76. The lowest BCUT2D eigenvalue weighted by molar-refractivity contribution is 0.348. The molecule has 128 valence electrons. The van der Waals surface area contributed by atoms with Gasteiger partial charge in [-0.2, -0.15) is 4.31 Å². The van der Waals surface area contributed by atoms with Gasteiger partial charge in [0.15, 0.2) is 11.5 Å². The van der Waals surface area contributed by atoms with E-state index in [1.165, 1.54) is 4.31 Å². The largest absolute Gasteiger partial charge is 0.493 e. The molecule has 2 aromatic rings. The Labute approximate surface area is 142 Å². The standard InChI is InChI=1S/C18H21NO4S/c1-13-4-6-16(7-5-13)24(20,21)19-9-8-14-10-17(22-2)18(23-3)11-15(14)12-19/h4-7,10-11H,8-9,12H2,1-3H3. The molecule has 0 amide bonds. The second kappa shape index (κ2) is 6.45. The van der Waals surface area contributed by atoms with E-state index in [0.717, 1.165) is 16.7 Å². The van der Waals surface area contributed by atoms with Gasteiger partial charge in [0.1, 0.15) is 0 Å². The van der Waals surface area contributed by atoms with E-state index >= 15 is 0 Å². The average Bonchev–Trinajstić information content (AvgIpc) is 2.60. The summed E-state index contributed by atoms with van der Waals surface area (Å²) in [6.07, 6.45) is 0.654. The first-order chi connectivity index (χ1) is 11.5. The normalized spacial score (nSPS) is 15.0. The van der Waals surface area contributed by atoms with Gasteiger partial charge < -0.3 is 9.47 Å². The van der Waals surface area contributed by atoms with Crippen molar-refractivity contribution in [1.82, 2.24) is 4.31 Å². The Balaban J connectivity index is 1.93. The van der Waals surface area contributed by atoms with E-state index in [-0.39, 0.29) is 0 Å². The zero-order valence-corrected chi connectivity index (χ0v) is 14.9. The summed E-state index contributed by atoms with van der Waals surface area (Å²) < 4.78 is 37.9. The number of fused-ring (bicyclic) bond motifs is 1. The maximum absolute atomic E-state index is 12.9. The van der Waals surface area contributed by atoms with Crippen molar-refractivity contribution in [3.8, 4) is 11.5 Å². The molecule has 0 aromatic heterocycles. The lowest BCUT2D eigenvalue weighted by Gasteiger charge is -2.29. The number of methoxy groups -OCH3 is 2. The maximum atomic E-state index is 12.9. The Bertz CT molecular complexity index is 844. The highest BCUT2D eigenvalue weighted by Gasteiger charge is 2.29. The van der Waals surface area contributed by atoms with Crippen molar-refractivity contribution in [2.45, 2.75) is 24.8 Å². The smallest absolute Gasteiger partial charge is 0.243 e. The van der Waals surface area contributed by atoms with Crippen LogP contribution in [0.3, 0.4) is 0 Å². The van der Waals surface area contributed by atoms with Crippen molar-refractivity contribution in [2.75, 3.05) is 20.8 Å². The minimum atomic E-state index is -3.50. The first kappa shape index (κ1) is 16.8. The zero-order chi connectivity index (χ0) is 17.3. The van der Waals surface area contributed by atoms with Crippen LogP contribution in [0.1, 0.15) is 16.7 Å². The predicted molar refractivity (Wildman–Crippen MR) is 92.0 cm³/mol. The molecule has 0 aliphatic carbocycles. The van der Waals surface area contributed by atoms with Crippen LogP contribution in [0.4, 0.5) is 0 Å². The Kier molecular flexibility index (Phi) is 4.51. The third-order valence-corrected chi connectivity index (χ3v) is 6.20. The average molecular weight is 347 g/mol. The highest BCUT2D eigenvalue weighted by molar-refractivity contribution is 7.89. The number of ether oxygens (including phenoxy) is 2. The lowest BCUT2D eigenvalue weighted by atomic mass is 10.0. The van der Waals surface area contributed by atoms with Crippen molar-refractivity contribution in [3.63, 3.8) is 0 Å². The molecule has 0 bridgehead atoms. The first-order valence-corrected chi connectivity index (χ1v) is 9.20. The summed E-state index contributed by atoms with van der Waals surface area (Å²) in [5.41, 5.74) is 3.09. The molecular formula is C18H21NO4S. The van der Waals surface area contributed by atoms with Gasteiger partial charge in [-0.3, -0.25) is 0 Å². The summed E-state index contributed by atoms with van der Waals surface area (Å²) in [5, 5.41) is 0. The van der Waals surface area contributed by atoms with Gasteiger partial charge in [-0.05, 0) is 48.7 Å². The van der Waals surface area contributed by atoms with Gasteiger partial charge in [0, 0.05) is 13.1 Å². The number of benzene rings is 2. The fraction of sp³-hybridized carbons (Fsp3) is 0.333. The second-order valence-corrected chi connectivity index (χ2v) is 7.82. The molecule has 0 saturated carbocycles. The monoisotopic (exact) mass is 347 g/mol. The van der Waals surface area contributed by atoms with E-state index in [2.05, 4.69) is 0 Å². The number of aryl methyl sites for hydroxylation is 1. The molecule has 1 aliphatic heterocycles. The molecule has 0 spiro atoms. The molecule has 2 aromatic carbocycles. The molecule has 0 radical (unpaired) electrons. The summed E-state index contributed by atoms with van der Waals surface area (Å²) >= 11 is 0. The van der Waals surface area contributed by atoms with E-state index in [0.29, 0.717) is 35.9 Å². The lowest BCUT2D eigenvalue weighted by Crippen LogP contribution is -2.36. The minimum Gasteiger partial charge on any atom is -0.493 e. The van der Waals surface area contributed by atoms with Crippen molar-refractivity contribution < 1.29 is 17.9 Å². The molecule has 6 heteroatoms. The van der Waals surface area contributed by atoms with Crippen LogP contribution in [0.25, 0.3) is 0 Å². The third-order valence-electron chi connectivity index (χ3n) is 4.34. The van der Waals surface area contributed by atoms with Crippen LogP contribution in [-0.4, -0.2) is 33.5 Å². The van der Waals surface area contributed by atoms with Crippen LogP contribution in [0.2, 0.25) is 0 Å². The summed E-state index contributed by atoms with van der Waals surface area (Å²) in [5.74, 6) is 1.29. The van der Waals surface area contributed by atoms with Gasteiger partial charge in [0.05, 0.1) is 19.1 Å². The van der Waals surface area contributed by atoms with E-state index in [4.69, 9.17) is 9.47 Å². The fourth-order valence-electron chi connectivity index (χ4n) is 2.92. The van der Waals surface area contributed by atoms with E-state index in [1.54, 1.807) is 26.4 Å². The fourth-order valence-corrected chi connectivity index (χ4v) is 4.34. The molecular weight excluding hydrogens is 326 g/mol. The number of rotatable bonds is 4. The molecule has 0 unspecified atom stereocenters. The minimum absolute atomic E-state index is 0.331. The Morgan fingerprint density at radius 3 is 2.12 bits per heavy atom. The van der Waals surface area contributed by atoms with Gasteiger partial charge in [-0.15, -0.1) is 0 Å². The summed E-state index contributed by atoms with van der Waals surface area (Å²) in [6.45, 7) is 2.73. The maximum Gasteiger partial charge on any atom is 0.243 e. The second-order valence-electron chi connectivity index (χ2n) is 5.88. The molecule has 24 heavy (non-hydrogen) atoms. The van der Waals surface area contributed by atoms with Gasteiger partial charge >= 0.3 is 0 Å². The van der Waals surface area contributed by atoms with Gasteiger partial charge in [0.25, 0.3) is 0 Å². The Hall–Kier alpha value is -2.05.